The van der Waals surface area contributed by atoms with E-state index < -0.39 is 23.4 Å². The van der Waals surface area contributed by atoms with Crippen molar-refractivity contribution in [3.63, 3.8) is 0 Å². The molecule has 1 saturated carbocycles. The van der Waals surface area contributed by atoms with Crippen LogP contribution < -0.4 is 10.2 Å². The lowest BCUT2D eigenvalue weighted by Gasteiger charge is -2.48. The van der Waals surface area contributed by atoms with Crippen molar-refractivity contribution in [2.75, 3.05) is 25.5 Å². The molecule has 10 heteroatoms. The minimum absolute atomic E-state index is 0.142. The van der Waals surface area contributed by atoms with Crippen LogP contribution in [0.25, 0.3) is 0 Å². The Labute approximate surface area is 184 Å². The van der Waals surface area contributed by atoms with Crippen molar-refractivity contribution in [1.82, 2.24) is 20.0 Å². The molecule has 2 aromatic rings. The number of alkyl halides is 3. The van der Waals surface area contributed by atoms with Gasteiger partial charge in [0.15, 0.2) is 5.69 Å². The van der Waals surface area contributed by atoms with Crippen molar-refractivity contribution in [2.45, 2.75) is 56.4 Å². The number of carbonyl (C=O) groups is 1. The Morgan fingerprint density at radius 1 is 1.16 bits per heavy atom. The van der Waals surface area contributed by atoms with Crippen molar-refractivity contribution in [2.24, 2.45) is 0 Å². The van der Waals surface area contributed by atoms with Crippen LogP contribution in [-0.2, 0) is 18.3 Å². The molecule has 1 spiro atoms. The maximum absolute atomic E-state index is 13.9. The summed E-state index contributed by atoms with van der Waals surface area (Å²) in [5.74, 6) is -0.151. The number of benzene rings is 1. The van der Waals surface area contributed by atoms with Gasteiger partial charge in [-0.3, -0.25) is 9.80 Å². The molecular formula is C22H27F4N5O. The number of hydrogen-bond donors (Lipinski definition) is 1. The second kappa shape index (κ2) is 7.75. The molecular weight excluding hydrogens is 426 g/mol. The number of hydrogen-bond acceptors (Lipinski definition) is 3. The Balaban J connectivity index is 1.58. The molecule has 1 aromatic carbocycles. The van der Waals surface area contributed by atoms with Crippen molar-refractivity contribution < 1.29 is 22.4 Å². The van der Waals surface area contributed by atoms with Gasteiger partial charge in [-0.25, -0.2) is 13.9 Å². The molecule has 1 aliphatic heterocycles. The van der Waals surface area contributed by atoms with E-state index in [1.807, 2.05) is 20.2 Å². The van der Waals surface area contributed by atoms with Crippen LogP contribution in [0, 0.1) is 5.82 Å². The Kier molecular flexibility index (Phi) is 5.47. The zero-order valence-electron chi connectivity index (χ0n) is 18.3. The SMILES string of the molecule is CCn1nc(C(F)(F)F)cc1N1CC2(CCC(c3cccc(F)c3)(N(C)C)CC2)NC1=O. The van der Waals surface area contributed by atoms with Gasteiger partial charge in [0, 0.05) is 18.2 Å². The van der Waals surface area contributed by atoms with Crippen LogP contribution in [0.15, 0.2) is 30.3 Å². The average Bonchev–Trinajstić information content (AvgIpc) is 3.29. The van der Waals surface area contributed by atoms with Crippen LogP contribution in [0.3, 0.4) is 0 Å². The summed E-state index contributed by atoms with van der Waals surface area (Å²) in [7, 11) is 3.92. The molecule has 0 bridgehead atoms. The molecule has 2 heterocycles. The maximum atomic E-state index is 13.9. The molecule has 0 radical (unpaired) electrons. The molecule has 0 unspecified atom stereocenters. The molecule has 0 atom stereocenters. The minimum Gasteiger partial charge on any atom is -0.330 e. The van der Waals surface area contributed by atoms with Gasteiger partial charge in [-0.05, 0) is 64.4 Å². The molecule has 1 aromatic heterocycles. The van der Waals surface area contributed by atoms with E-state index in [0.717, 1.165) is 11.6 Å². The lowest BCUT2D eigenvalue weighted by Crippen LogP contribution is -2.54. The van der Waals surface area contributed by atoms with Gasteiger partial charge >= 0.3 is 12.2 Å². The van der Waals surface area contributed by atoms with Gasteiger partial charge in [0.1, 0.15) is 11.6 Å². The van der Waals surface area contributed by atoms with Crippen LogP contribution >= 0.6 is 0 Å². The van der Waals surface area contributed by atoms with E-state index in [1.165, 1.54) is 15.6 Å². The quantitative estimate of drug-likeness (QED) is 0.700. The number of carbonyl (C=O) groups excluding carboxylic acids is 1. The van der Waals surface area contributed by atoms with Gasteiger partial charge in [0.25, 0.3) is 0 Å². The Morgan fingerprint density at radius 2 is 1.84 bits per heavy atom. The van der Waals surface area contributed by atoms with E-state index >= 15 is 0 Å². The van der Waals surface area contributed by atoms with Gasteiger partial charge < -0.3 is 5.32 Å². The average molecular weight is 453 g/mol. The zero-order chi connectivity index (χ0) is 23.3. The third kappa shape index (κ3) is 3.74. The third-order valence-corrected chi connectivity index (χ3v) is 6.96. The largest absolute Gasteiger partial charge is 0.435 e. The zero-order valence-corrected chi connectivity index (χ0v) is 18.3. The maximum Gasteiger partial charge on any atom is 0.435 e. The van der Waals surface area contributed by atoms with Gasteiger partial charge in [-0.2, -0.15) is 18.3 Å². The van der Waals surface area contributed by atoms with Gasteiger partial charge in [0.2, 0.25) is 0 Å². The van der Waals surface area contributed by atoms with E-state index in [4.69, 9.17) is 0 Å². The summed E-state index contributed by atoms with van der Waals surface area (Å²) in [6, 6.07) is 7.09. The molecule has 4 rings (SSSR count). The van der Waals surface area contributed by atoms with Gasteiger partial charge in [-0.15, -0.1) is 0 Å². The van der Waals surface area contributed by atoms with Crippen molar-refractivity contribution in [3.8, 4) is 0 Å². The summed E-state index contributed by atoms with van der Waals surface area (Å²) < 4.78 is 54.7. The topological polar surface area (TPSA) is 53.4 Å². The fourth-order valence-corrected chi connectivity index (χ4v) is 5.09. The Bertz CT molecular complexity index is 1010. The molecule has 1 aliphatic carbocycles. The first-order valence-corrected chi connectivity index (χ1v) is 10.7. The number of urea groups is 1. The van der Waals surface area contributed by atoms with Crippen LogP contribution in [0.5, 0.6) is 0 Å². The smallest absolute Gasteiger partial charge is 0.330 e. The highest BCUT2D eigenvalue weighted by Crippen LogP contribution is 2.46. The highest BCUT2D eigenvalue weighted by molar-refractivity contribution is 5.94. The molecule has 2 aliphatic rings. The van der Waals surface area contributed by atoms with E-state index in [9.17, 15) is 22.4 Å². The number of nitrogens with zero attached hydrogens (tertiary/aromatic N) is 4. The molecule has 1 saturated heterocycles. The number of aryl methyl sites for hydroxylation is 1. The third-order valence-electron chi connectivity index (χ3n) is 6.96. The summed E-state index contributed by atoms with van der Waals surface area (Å²) in [4.78, 5) is 16.3. The Morgan fingerprint density at radius 3 is 2.41 bits per heavy atom. The number of nitrogens with one attached hydrogen (secondary N) is 1. The van der Waals surface area contributed by atoms with E-state index in [1.54, 1.807) is 19.1 Å². The van der Waals surface area contributed by atoms with E-state index in [2.05, 4.69) is 15.3 Å². The van der Waals surface area contributed by atoms with Crippen molar-refractivity contribution in [1.29, 1.82) is 0 Å². The normalized spacial score (nSPS) is 26.2. The van der Waals surface area contributed by atoms with Crippen molar-refractivity contribution >= 4 is 11.8 Å². The summed E-state index contributed by atoms with van der Waals surface area (Å²) >= 11 is 0. The Hall–Kier alpha value is -2.62. The van der Waals surface area contributed by atoms with Crippen LogP contribution in [0.2, 0.25) is 0 Å². The van der Waals surface area contributed by atoms with Crippen LogP contribution in [0.1, 0.15) is 43.9 Å². The van der Waals surface area contributed by atoms with E-state index in [0.29, 0.717) is 25.7 Å². The first-order chi connectivity index (χ1) is 15.0. The molecule has 2 fully saturated rings. The highest BCUT2D eigenvalue weighted by Gasteiger charge is 2.51. The summed E-state index contributed by atoms with van der Waals surface area (Å²) in [6.07, 6.45) is -1.98. The van der Waals surface area contributed by atoms with E-state index in [-0.39, 0.29) is 30.3 Å². The number of anilines is 1. The van der Waals surface area contributed by atoms with Gasteiger partial charge in [-0.1, -0.05) is 12.1 Å². The summed E-state index contributed by atoms with van der Waals surface area (Å²) in [5, 5.41) is 6.66. The van der Waals surface area contributed by atoms with Crippen molar-refractivity contribution in [3.05, 3.63) is 47.4 Å². The number of rotatable bonds is 4. The molecule has 1 N–H and O–H groups in total. The monoisotopic (exact) mass is 453 g/mol. The summed E-state index contributed by atoms with van der Waals surface area (Å²) in [5.41, 5.74) is -1.05. The van der Waals surface area contributed by atoms with Crippen LogP contribution in [0.4, 0.5) is 28.2 Å². The number of halogens is 4. The minimum atomic E-state index is -4.58. The molecule has 32 heavy (non-hydrogen) atoms. The highest BCUT2D eigenvalue weighted by atomic mass is 19.4. The lowest BCUT2D eigenvalue weighted by molar-refractivity contribution is -0.141. The predicted molar refractivity (Wildman–Crippen MR) is 112 cm³/mol. The second-order valence-electron chi connectivity index (χ2n) is 8.93. The molecule has 6 nitrogen and oxygen atoms in total. The second-order valence-corrected chi connectivity index (χ2v) is 8.93. The first-order valence-electron chi connectivity index (χ1n) is 10.7. The molecule has 174 valence electrons. The lowest BCUT2D eigenvalue weighted by atomic mass is 9.69. The number of amides is 2. The fraction of sp³-hybridized carbons (Fsp3) is 0.545. The fourth-order valence-electron chi connectivity index (χ4n) is 5.09. The van der Waals surface area contributed by atoms with Gasteiger partial charge in [0.05, 0.1) is 12.1 Å². The predicted octanol–water partition coefficient (Wildman–Crippen LogP) is 4.36. The van der Waals surface area contributed by atoms with Crippen LogP contribution in [-0.4, -0.2) is 46.9 Å². The number of aromatic nitrogens is 2. The standard InChI is InChI=1S/C22H27F4N5O/c1-4-31-18(13-17(28-31)22(24,25)26)30-14-20(27-19(30)32)8-10-21(11-9-20,29(2)3)15-6-5-7-16(23)12-15/h5-7,12-13H,4,8-11,14H2,1-3H3,(H,27,32). The molecule has 2 amide bonds. The summed E-state index contributed by atoms with van der Waals surface area (Å²) in [6.45, 7) is 2.17. The first kappa shape index (κ1) is 22.6.